The molecule has 0 saturated carbocycles. The fraction of sp³-hybridized carbons (Fsp3) is 0.333. The minimum atomic E-state index is -0.874. The molecular formula is C9H12N2O4. The molecule has 1 rings (SSSR count). The summed E-state index contributed by atoms with van der Waals surface area (Å²) in [4.78, 5) is 9.96. The highest BCUT2D eigenvalue weighted by molar-refractivity contribution is 5.45. The topological polar surface area (TPSA) is 98.6 Å². The molecule has 15 heavy (non-hydrogen) atoms. The zero-order valence-corrected chi connectivity index (χ0v) is 8.21. The summed E-state index contributed by atoms with van der Waals surface area (Å²) in [5.74, 6) is 0.266. The molecule has 82 valence electrons. The number of nitrogens with two attached hydrogens (primary N) is 1. The molecule has 1 aromatic carbocycles. The molecule has 1 unspecified atom stereocenters. The minimum absolute atomic E-state index is 0.0359. The van der Waals surface area contributed by atoms with Gasteiger partial charge in [0.25, 0.3) is 5.69 Å². The molecule has 0 radical (unpaired) electrons. The molecule has 0 aliphatic rings. The summed E-state index contributed by atoms with van der Waals surface area (Å²) in [6, 6.07) is 4.00. The lowest BCUT2D eigenvalue weighted by atomic mass is 10.1. The molecule has 1 atom stereocenters. The van der Waals surface area contributed by atoms with Crippen LogP contribution in [-0.2, 0) is 0 Å². The molecule has 0 bridgehead atoms. The predicted molar refractivity (Wildman–Crippen MR) is 53.7 cm³/mol. The molecule has 0 saturated heterocycles. The number of rotatable bonds is 4. The van der Waals surface area contributed by atoms with Crippen molar-refractivity contribution in [1.29, 1.82) is 0 Å². The highest BCUT2D eigenvalue weighted by atomic mass is 16.6. The van der Waals surface area contributed by atoms with Crippen LogP contribution in [0, 0.1) is 10.1 Å². The maximum absolute atomic E-state index is 10.5. The Balaban J connectivity index is 3.14. The van der Waals surface area contributed by atoms with E-state index in [1.54, 1.807) is 0 Å². The first-order valence-electron chi connectivity index (χ1n) is 4.30. The summed E-state index contributed by atoms with van der Waals surface area (Å²) in [5, 5.41) is 20.0. The quantitative estimate of drug-likeness (QED) is 0.562. The van der Waals surface area contributed by atoms with E-state index in [9.17, 15) is 15.2 Å². The number of hydrogen-bond acceptors (Lipinski definition) is 5. The third-order valence-corrected chi connectivity index (χ3v) is 2.01. The second kappa shape index (κ2) is 4.72. The Hall–Kier alpha value is -1.66. The Labute approximate surface area is 86.4 Å². The number of nitrogens with zero attached hydrogens (tertiary/aromatic N) is 1. The number of methoxy groups -OCH3 is 1. The number of nitro groups is 1. The third-order valence-electron chi connectivity index (χ3n) is 2.01. The number of ether oxygens (including phenoxy) is 1. The van der Waals surface area contributed by atoms with Crippen LogP contribution in [0.5, 0.6) is 5.75 Å². The number of aliphatic hydroxyl groups is 1. The molecule has 0 aromatic heterocycles. The Morgan fingerprint density at radius 2 is 2.33 bits per heavy atom. The minimum Gasteiger partial charge on any atom is -0.496 e. The van der Waals surface area contributed by atoms with Crippen LogP contribution in [0.3, 0.4) is 0 Å². The fourth-order valence-electron chi connectivity index (χ4n) is 1.22. The van der Waals surface area contributed by atoms with Gasteiger partial charge in [0, 0.05) is 18.2 Å². The summed E-state index contributed by atoms with van der Waals surface area (Å²) in [7, 11) is 1.38. The first-order chi connectivity index (χ1) is 7.10. The molecule has 0 aliphatic carbocycles. The van der Waals surface area contributed by atoms with Gasteiger partial charge in [-0.25, -0.2) is 0 Å². The van der Waals surface area contributed by atoms with Crippen LogP contribution < -0.4 is 10.5 Å². The van der Waals surface area contributed by atoms with Crippen molar-refractivity contribution in [3.8, 4) is 5.75 Å². The van der Waals surface area contributed by atoms with Crippen LogP contribution in [0.2, 0.25) is 0 Å². The number of aliphatic hydroxyl groups excluding tert-OH is 1. The third kappa shape index (κ3) is 2.42. The van der Waals surface area contributed by atoms with Crippen molar-refractivity contribution in [3.63, 3.8) is 0 Å². The van der Waals surface area contributed by atoms with Crippen molar-refractivity contribution in [3.05, 3.63) is 33.9 Å². The zero-order valence-electron chi connectivity index (χ0n) is 8.21. The van der Waals surface area contributed by atoms with Crippen molar-refractivity contribution >= 4 is 5.69 Å². The normalized spacial score (nSPS) is 12.2. The van der Waals surface area contributed by atoms with Crippen molar-refractivity contribution in [2.75, 3.05) is 13.7 Å². The lowest BCUT2D eigenvalue weighted by Crippen LogP contribution is -2.12. The Morgan fingerprint density at radius 3 is 2.80 bits per heavy atom. The molecule has 0 spiro atoms. The Morgan fingerprint density at radius 1 is 1.67 bits per heavy atom. The van der Waals surface area contributed by atoms with Crippen molar-refractivity contribution < 1.29 is 14.8 Å². The number of hydrogen-bond donors (Lipinski definition) is 2. The highest BCUT2D eigenvalue weighted by Crippen LogP contribution is 2.28. The molecule has 1 aromatic rings. The first kappa shape index (κ1) is 11.4. The van der Waals surface area contributed by atoms with Crippen LogP contribution in [-0.4, -0.2) is 23.7 Å². The van der Waals surface area contributed by atoms with Gasteiger partial charge in [-0.15, -0.1) is 0 Å². The molecule has 6 nitrogen and oxygen atoms in total. The first-order valence-corrected chi connectivity index (χ1v) is 4.30. The number of benzene rings is 1. The second-order valence-corrected chi connectivity index (χ2v) is 2.93. The monoisotopic (exact) mass is 212 g/mol. The van der Waals surface area contributed by atoms with Gasteiger partial charge in [-0.3, -0.25) is 10.1 Å². The fourth-order valence-corrected chi connectivity index (χ4v) is 1.22. The number of non-ortho nitro benzene ring substituents is 1. The van der Waals surface area contributed by atoms with Crippen LogP contribution in [0.1, 0.15) is 11.7 Å². The molecular weight excluding hydrogens is 200 g/mol. The largest absolute Gasteiger partial charge is 0.496 e. The maximum Gasteiger partial charge on any atom is 0.273 e. The van der Waals surface area contributed by atoms with Gasteiger partial charge in [0.1, 0.15) is 5.75 Å². The van der Waals surface area contributed by atoms with E-state index in [0.29, 0.717) is 5.56 Å². The van der Waals surface area contributed by atoms with Crippen LogP contribution in [0.15, 0.2) is 18.2 Å². The van der Waals surface area contributed by atoms with Crippen molar-refractivity contribution in [1.82, 2.24) is 0 Å². The maximum atomic E-state index is 10.5. The predicted octanol–water partition coefficient (Wildman–Crippen LogP) is 0.595. The molecule has 0 heterocycles. The van der Waals surface area contributed by atoms with E-state index in [-0.39, 0.29) is 18.0 Å². The summed E-state index contributed by atoms with van der Waals surface area (Å²) in [5.41, 5.74) is 5.65. The van der Waals surface area contributed by atoms with Gasteiger partial charge >= 0.3 is 0 Å². The summed E-state index contributed by atoms with van der Waals surface area (Å²) >= 11 is 0. The van der Waals surface area contributed by atoms with Crippen LogP contribution in [0.4, 0.5) is 5.69 Å². The summed E-state index contributed by atoms with van der Waals surface area (Å²) in [6.45, 7) is 0.0359. The zero-order chi connectivity index (χ0) is 11.4. The van der Waals surface area contributed by atoms with E-state index < -0.39 is 11.0 Å². The molecule has 0 aliphatic heterocycles. The molecule has 0 amide bonds. The van der Waals surface area contributed by atoms with Crippen LogP contribution >= 0.6 is 0 Å². The second-order valence-electron chi connectivity index (χ2n) is 2.93. The van der Waals surface area contributed by atoms with Gasteiger partial charge in [0.05, 0.1) is 24.2 Å². The van der Waals surface area contributed by atoms with Gasteiger partial charge in [-0.1, -0.05) is 0 Å². The van der Waals surface area contributed by atoms with E-state index in [0.717, 1.165) is 0 Å². The summed E-state index contributed by atoms with van der Waals surface area (Å²) in [6.07, 6.45) is -0.874. The summed E-state index contributed by atoms with van der Waals surface area (Å²) < 4.78 is 4.94. The average molecular weight is 212 g/mol. The van der Waals surface area contributed by atoms with Gasteiger partial charge in [0.15, 0.2) is 0 Å². The van der Waals surface area contributed by atoms with Gasteiger partial charge < -0.3 is 15.6 Å². The van der Waals surface area contributed by atoms with E-state index in [4.69, 9.17) is 10.5 Å². The van der Waals surface area contributed by atoms with Gasteiger partial charge in [0.2, 0.25) is 0 Å². The Kier molecular flexibility index (Phi) is 3.59. The molecule has 6 heteroatoms. The van der Waals surface area contributed by atoms with E-state index in [1.807, 2.05) is 0 Å². The van der Waals surface area contributed by atoms with Crippen molar-refractivity contribution in [2.45, 2.75) is 6.10 Å². The van der Waals surface area contributed by atoms with Crippen molar-refractivity contribution in [2.24, 2.45) is 5.73 Å². The lowest BCUT2D eigenvalue weighted by Gasteiger charge is -2.12. The smallest absolute Gasteiger partial charge is 0.273 e. The standard InChI is InChI=1S/C9H12N2O4/c1-15-9-4-6(11(13)14)2-3-7(9)8(12)5-10/h2-4,8,12H,5,10H2,1H3. The Bertz CT molecular complexity index is 367. The average Bonchev–Trinajstić information content (AvgIpc) is 2.27. The van der Waals surface area contributed by atoms with E-state index in [1.165, 1.54) is 25.3 Å². The molecule has 3 N–H and O–H groups in total. The van der Waals surface area contributed by atoms with E-state index >= 15 is 0 Å². The lowest BCUT2D eigenvalue weighted by molar-refractivity contribution is -0.384. The number of nitro benzene ring substituents is 1. The van der Waals surface area contributed by atoms with Crippen LogP contribution in [0.25, 0.3) is 0 Å². The molecule has 0 fully saturated rings. The SMILES string of the molecule is COc1cc([N+](=O)[O-])ccc1C(O)CN. The highest BCUT2D eigenvalue weighted by Gasteiger charge is 2.15. The van der Waals surface area contributed by atoms with Gasteiger partial charge in [-0.2, -0.15) is 0 Å². The van der Waals surface area contributed by atoms with E-state index in [2.05, 4.69) is 0 Å². The van der Waals surface area contributed by atoms with Gasteiger partial charge in [-0.05, 0) is 6.07 Å².